The van der Waals surface area contributed by atoms with Crippen molar-refractivity contribution in [3.8, 4) is 0 Å². The van der Waals surface area contributed by atoms with E-state index >= 15 is 0 Å². The van der Waals surface area contributed by atoms with Gasteiger partial charge in [-0.05, 0) is 17.5 Å². The largest absolute Gasteiger partial charge is 0.321 e. The smallest absolute Gasteiger partial charge is 0.217 e. The Labute approximate surface area is 124 Å². The Morgan fingerprint density at radius 1 is 1.00 bits per heavy atom. The van der Waals surface area contributed by atoms with E-state index in [9.17, 15) is 4.57 Å². The van der Waals surface area contributed by atoms with Crippen molar-refractivity contribution in [2.24, 2.45) is 0 Å². The predicted octanol–water partition coefficient (Wildman–Crippen LogP) is 4.90. The van der Waals surface area contributed by atoms with Crippen molar-refractivity contribution >= 4 is 25.4 Å². The van der Waals surface area contributed by atoms with Gasteiger partial charge in [0.05, 0.1) is 6.10 Å². The summed E-state index contributed by atoms with van der Waals surface area (Å²) in [6.45, 7) is 0. The van der Waals surface area contributed by atoms with E-state index in [2.05, 4.69) is 0 Å². The number of hydrogen-bond acceptors (Lipinski definition) is 3. The van der Waals surface area contributed by atoms with E-state index in [1.165, 1.54) is 11.4 Å². The lowest BCUT2D eigenvalue weighted by atomic mass is 10.0. The Kier molecular flexibility index (Phi) is 4.07. The highest BCUT2D eigenvalue weighted by Gasteiger charge is 2.35. The zero-order valence-corrected chi connectivity index (χ0v) is 12.6. The first-order valence-corrected chi connectivity index (χ1v) is 9.67. The van der Waals surface area contributed by atoms with Gasteiger partial charge in [-0.3, -0.25) is 4.57 Å². The fraction of sp³-hybridized carbons (Fsp3) is 0.200. The molecule has 0 aliphatic carbocycles. The molecule has 0 aromatic heterocycles. The van der Waals surface area contributed by atoms with Crippen LogP contribution in [0, 0.1) is 0 Å². The van der Waals surface area contributed by atoms with Gasteiger partial charge < -0.3 is 4.52 Å². The molecule has 2 aromatic rings. The Hall–Kier alpha value is -0.955. The molecule has 0 amide bonds. The third kappa shape index (κ3) is 3.20. The highest BCUT2D eigenvalue weighted by atomic mass is 32.7. The minimum Gasteiger partial charge on any atom is -0.321 e. The summed E-state index contributed by atoms with van der Waals surface area (Å²) in [5, 5.41) is 0.103. The van der Waals surface area contributed by atoms with E-state index in [1.54, 1.807) is 0 Å². The maximum atomic E-state index is 12.3. The van der Waals surface area contributed by atoms with Crippen molar-refractivity contribution in [2.75, 3.05) is 0 Å². The summed E-state index contributed by atoms with van der Waals surface area (Å²) >= 11 is 1.25. The van der Waals surface area contributed by atoms with Gasteiger partial charge in [0.1, 0.15) is 0 Å². The lowest BCUT2D eigenvalue weighted by molar-refractivity contribution is 0.205. The molecule has 1 aliphatic rings. The molecule has 2 aromatic carbocycles. The molecular weight excluding hydrogens is 286 g/mol. The van der Waals surface area contributed by atoms with Crippen LogP contribution in [0.4, 0.5) is 0 Å². The van der Waals surface area contributed by atoms with Crippen molar-refractivity contribution < 1.29 is 9.09 Å². The van der Waals surface area contributed by atoms with Crippen molar-refractivity contribution in [3.05, 3.63) is 71.8 Å². The SMILES string of the molecule is [B]P1(=O)OC(c2ccccc2)CC(c2ccccc2)S1. The average Bonchev–Trinajstić information content (AvgIpc) is 2.47. The van der Waals surface area contributed by atoms with Crippen molar-refractivity contribution in [1.29, 1.82) is 0 Å². The highest BCUT2D eigenvalue weighted by Crippen LogP contribution is 2.69. The highest BCUT2D eigenvalue weighted by molar-refractivity contribution is 8.63. The van der Waals surface area contributed by atoms with Crippen molar-refractivity contribution in [1.82, 2.24) is 0 Å². The molecule has 1 aliphatic heterocycles. The minimum absolute atomic E-state index is 0.103. The first-order chi connectivity index (χ1) is 9.64. The summed E-state index contributed by atoms with van der Waals surface area (Å²) in [6, 6.07) is 19.9. The second-order valence-corrected chi connectivity index (χ2v) is 9.01. The maximum absolute atomic E-state index is 12.3. The van der Waals surface area contributed by atoms with Gasteiger partial charge in [-0.25, -0.2) is 0 Å². The minimum atomic E-state index is -3.11. The summed E-state index contributed by atoms with van der Waals surface area (Å²) in [7, 11) is 5.83. The third-order valence-electron chi connectivity index (χ3n) is 3.32. The molecule has 2 nitrogen and oxygen atoms in total. The van der Waals surface area contributed by atoms with Crippen LogP contribution in [-0.4, -0.2) is 7.57 Å². The Morgan fingerprint density at radius 3 is 2.15 bits per heavy atom. The first-order valence-electron chi connectivity index (χ1n) is 6.49. The van der Waals surface area contributed by atoms with Gasteiger partial charge in [-0.15, -0.1) is 0 Å². The number of benzene rings is 2. The van der Waals surface area contributed by atoms with Gasteiger partial charge in [0, 0.05) is 5.25 Å². The van der Waals surface area contributed by atoms with Crippen LogP contribution in [0.2, 0.25) is 0 Å². The maximum Gasteiger partial charge on any atom is 0.217 e. The van der Waals surface area contributed by atoms with Crippen molar-refractivity contribution in [2.45, 2.75) is 17.8 Å². The van der Waals surface area contributed by atoms with Crippen LogP contribution in [0.1, 0.15) is 28.9 Å². The fourth-order valence-electron chi connectivity index (χ4n) is 2.39. The number of rotatable bonds is 2. The molecule has 1 heterocycles. The standard InChI is InChI=1S/C15H14BO2PS/c16-19(17)18-14(12-7-3-1-4-8-12)11-15(20-19)13-9-5-2-6-10-13/h1-10,14-15H,11H2. The van der Waals surface area contributed by atoms with E-state index in [0.717, 1.165) is 17.5 Å². The fourth-order valence-corrected chi connectivity index (χ4v) is 6.04. The zero-order chi connectivity index (χ0) is 14.0. The van der Waals surface area contributed by atoms with Crippen LogP contribution in [0.15, 0.2) is 60.7 Å². The molecule has 2 radical (unpaired) electrons. The summed E-state index contributed by atoms with van der Waals surface area (Å²) in [6.07, 6.45) is -2.55. The zero-order valence-electron chi connectivity index (χ0n) is 10.9. The van der Waals surface area contributed by atoms with E-state index in [1.807, 2.05) is 60.7 Å². The lowest BCUT2D eigenvalue weighted by Gasteiger charge is -2.34. The molecule has 0 N–H and O–H groups in total. The second kappa shape index (κ2) is 5.81. The van der Waals surface area contributed by atoms with E-state index < -0.39 is 6.45 Å². The van der Waals surface area contributed by atoms with Crippen molar-refractivity contribution in [3.63, 3.8) is 0 Å². The molecule has 5 heteroatoms. The molecule has 1 saturated heterocycles. The third-order valence-corrected chi connectivity index (χ3v) is 6.78. The van der Waals surface area contributed by atoms with Gasteiger partial charge in [-0.1, -0.05) is 72.0 Å². The number of hydrogen-bond donors (Lipinski definition) is 0. The molecule has 0 spiro atoms. The Bertz CT molecular complexity index is 569. The molecule has 0 saturated carbocycles. The second-order valence-electron chi connectivity index (χ2n) is 4.79. The molecule has 100 valence electrons. The van der Waals surface area contributed by atoms with E-state index in [-0.39, 0.29) is 11.4 Å². The predicted molar refractivity (Wildman–Crippen MR) is 85.0 cm³/mol. The van der Waals surface area contributed by atoms with Gasteiger partial charge in [-0.2, -0.15) is 0 Å². The average molecular weight is 300 g/mol. The van der Waals surface area contributed by atoms with Gasteiger partial charge in [0.2, 0.25) is 7.57 Å². The molecule has 3 atom stereocenters. The summed E-state index contributed by atoms with van der Waals surface area (Å²) < 4.78 is 17.9. The molecule has 1 fully saturated rings. The monoisotopic (exact) mass is 300 g/mol. The Morgan fingerprint density at radius 2 is 1.55 bits per heavy atom. The van der Waals surface area contributed by atoms with Crippen LogP contribution in [0.5, 0.6) is 0 Å². The lowest BCUT2D eigenvalue weighted by Crippen LogP contribution is -2.12. The van der Waals surface area contributed by atoms with Crippen LogP contribution < -0.4 is 0 Å². The molecular formula is C15H14BO2PS. The first kappa shape index (κ1) is 14.0. The molecule has 3 rings (SSSR count). The molecule has 0 bridgehead atoms. The summed E-state index contributed by atoms with van der Waals surface area (Å²) in [5.41, 5.74) is 2.17. The quantitative estimate of drug-likeness (QED) is 0.583. The van der Waals surface area contributed by atoms with Crippen LogP contribution in [0.3, 0.4) is 0 Å². The van der Waals surface area contributed by atoms with Crippen LogP contribution >= 0.6 is 17.8 Å². The van der Waals surface area contributed by atoms with Gasteiger partial charge in [0.25, 0.3) is 0 Å². The van der Waals surface area contributed by atoms with Crippen LogP contribution in [-0.2, 0) is 9.09 Å². The summed E-state index contributed by atoms with van der Waals surface area (Å²) in [5.74, 6) is 0. The van der Waals surface area contributed by atoms with E-state index in [0.29, 0.717) is 0 Å². The van der Waals surface area contributed by atoms with Gasteiger partial charge in [0.15, 0.2) is 6.45 Å². The topological polar surface area (TPSA) is 26.3 Å². The normalized spacial score (nSPS) is 30.0. The summed E-state index contributed by atoms with van der Waals surface area (Å²) in [4.78, 5) is 0. The Balaban J connectivity index is 1.89. The van der Waals surface area contributed by atoms with Gasteiger partial charge >= 0.3 is 0 Å². The molecule has 20 heavy (non-hydrogen) atoms. The van der Waals surface area contributed by atoms with Crippen LogP contribution in [0.25, 0.3) is 0 Å². The van der Waals surface area contributed by atoms with E-state index in [4.69, 9.17) is 12.1 Å². The molecule has 3 unspecified atom stereocenters.